The van der Waals surface area contributed by atoms with Crippen LogP contribution in [0.15, 0.2) is 79.5 Å². The number of H-pyrrole nitrogens is 2. The lowest BCUT2D eigenvalue weighted by molar-refractivity contribution is -0.134. The number of halogens is 1. The number of hydrogen-bond acceptors (Lipinski definition) is 6. The molecule has 2 bridgehead atoms. The van der Waals surface area contributed by atoms with Crippen LogP contribution in [0.4, 0.5) is 9.18 Å². The van der Waals surface area contributed by atoms with Gasteiger partial charge in [0.1, 0.15) is 23.5 Å². The molecular formula is C43H44FN7O4. The number of ether oxygens (including phenoxy) is 1. The number of aromatic amines is 2. The van der Waals surface area contributed by atoms with Crippen molar-refractivity contribution in [1.29, 1.82) is 0 Å². The molecule has 0 unspecified atom stereocenters. The summed E-state index contributed by atoms with van der Waals surface area (Å²) < 4.78 is 20.6. The van der Waals surface area contributed by atoms with Gasteiger partial charge in [-0.3, -0.25) is 9.59 Å². The Morgan fingerprint density at radius 1 is 1.05 bits per heavy atom. The van der Waals surface area contributed by atoms with E-state index in [1.807, 2.05) is 53.1 Å². The molecule has 2 aliphatic heterocycles. The van der Waals surface area contributed by atoms with Crippen molar-refractivity contribution in [2.75, 3.05) is 7.11 Å². The summed E-state index contributed by atoms with van der Waals surface area (Å²) in [6.07, 6.45) is 6.77. The zero-order chi connectivity index (χ0) is 38.3. The van der Waals surface area contributed by atoms with Gasteiger partial charge in [-0.05, 0) is 90.6 Å². The van der Waals surface area contributed by atoms with E-state index in [1.165, 1.54) is 13.2 Å². The van der Waals surface area contributed by atoms with E-state index in [2.05, 4.69) is 40.4 Å². The van der Waals surface area contributed by atoms with Crippen molar-refractivity contribution in [1.82, 2.24) is 35.1 Å². The van der Waals surface area contributed by atoms with Crippen LogP contribution in [-0.2, 0) is 14.3 Å². The van der Waals surface area contributed by atoms with Crippen molar-refractivity contribution in [3.05, 3.63) is 97.0 Å². The number of benzene rings is 3. The average molecular weight is 742 g/mol. The molecule has 12 heteroatoms. The number of alkyl carbamates (subject to hydrolysis) is 1. The molecule has 8 atom stereocenters. The monoisotopic (exact) mass is 741 g/mol. The number of carbonyl (C=O) groups is 3. The fourth-order valence-corrected chi connectivity index (χ4v) is 9.69. The topological polar surface area (TPSA) is 136 Å². The second kappa shape index (κ2) is 13.2. The molecule has 55 heavy (non-hydrogen) atoms. The molecule has 3 amide bonds. The number of rotatable bonds is 9. The Kier molecular flexibility index (Phi) is 8.39. The summed E-state index contributed by atoms with van der Waals surface area (Å²) in [5, 5.41) is 4.47. The molecule has 2 saturated carbocycles. The summed E-state index contributed by atoms with van der Waals surface area (Å²) in [5.74, 6) is 1.84. The van der Waals surface area contributed by atoms with Crippen LogP contribution < -0.4 is 5.32 Å². The summed E-state index contributed by atoms with van der Waals surface area (Å²) in [6.45, 7) is 11.9. The van der Waals surface area contributed by atoms with Gasteiger partial charge in [-0.15, -0.1) is 6.58 Å². The maximum absolute atomic E-state index is 15.9. The Morgan fingerprint density at radius 2 is 1.85 bits per heavy atom. The number of likely N-dealkylation sites (tertiary alicyclic amines) is 2. The van der Waals surface area contributed by atoms with Gasteiger partial charge in [0.2, 0.25) is 11.8 Å². The van der Waals surface area contributed by atoms with Crippen molar-refractivity contribution in [2.45, 2.75) is 76.2 Å². The van der Waals surface area contributed by atoms with E-state index in [0.717, 1.165) is 58.6 Å². The molecule has 9 rings (SSSR count). The van der Waals surface area contributed by atoms with Gasteiger partial charge < -0.3 is 29.8 Å². The number of nitrogens with one attached hydrogen (secondary N) is 3. The zero-order valence-electron chi connectivity index (χ0n) is 31.1. The number of imidazole rings is 2. The van der Waals surface area contributed by atoms with Gasteiger partial charge in [0.05, 0.1) is 42.1 Å². The average Bonchev–Trinajstić information content (AvgIpc) is 3.92. The van der Waals surface area contributed by atoms with Crippen molar-refractivity contribution < 1.29 is 23.5 Å². The Balaban J connectivity index is 0.967. The van der Waals surface area contributed by atoms with Gasteiger partial charge in [0, 0.05) is 28.6 Å². The highest BCUT2D eigenvalue weighted by Crippen LogP contribution is 2.57. The zero-order valence-corrected chi connectivity index (χ0v) is 31.1. The minimum atomic E-state index is -0.914. The molecule has 3 N–H and O–H groups in total. The normalized spacial score (nSPS) is 25.6. The van der Waals surface area contributed by atoms with Crippen LogP contribution in [0, 0.1) is 23.6 Å². The molecule has 4 aliphatic rings. The van der Waals surface area contributed by atoms with Gasteiger partial charge >= 0.3 is 6.09 Å². The summed E-state index contributed by atoms with van der Waals surface area (Å²) >= 11 is 0. The third-order valence-corrected chi connectivity index (χ3v) is 12.7. The van der Waals surface area contributed by atoms with Crippen LogP contribution in [0.2, 0.25) is 0 Å². The number of amides is 3. The number of hydrogen-bond donors (Lipinski definition) is 3. The molecule has 2 aromatic heterocycles. The third-order valence-electron chi connectivity index (χ3n) is 12.7. The molecular weight excluding hydrogens is 698 g/mol. The van der Waals surface area contributed by atoms with Crippen molar-refractivity contribution in [3.8, 4) is 22.4 Å². The van der Waals surface area contributed by atoms with Crippen molar-refractivity contribution in [3.63, 3.8) is 0 Å². The molecule has 282 valence electrons. The first-order chi connectivity index (χ1) is 26.6. The molecule has 2 aliphatic carbocycles. The van der Waals surface area contributed by atoms with Crippen LogP contribution in [0.25, 0.3) is 44.2 Å². The van der Waals surface area contributed by atoms with Crippen LogP contribution >= 0.6 is 0 Å². The van der Waals surface area contributed by atoms with E-state index >= 15 is 4.39 Å². The largest absolute Gasteiger partial charge is 0.453 e. The van der Waals surface area contributed by atoms with Crippen LogP contribution in [0.1, 0.15) is 69.7 Å². The maximum Gasteiger partial charge on any atom is 0.407 e. The lowest BCUT2D eigenvalue weighted by Gasteiger charge is -2.34. The molecule has 4 heterocycles. The van der Waals surface area contributed by atoms with Crippen LogP contribution in [0.5, 0.6) is 0 Å². The number of piperidine rings is 2. The molecule has 0 radical (unpaired) electrons. The van der Waals surface area contributed by atoms with Gasteiger partial charge in [-0.2, -0.15) is 0 Å². The molecule has 2 saturated heterocycles. The fraction of sp³-hybridized carbons (Fsp3) is 0.372. The Bertz CT molecular complexity index is 2420. The fourth-order valence-electron chi connectivity index (χ4n) is 9.69. The van der Waals surface area contributed by atoms with E-state index in [0.29, 0.717) is 52.7 Å². The van der Waals surface area contributed by atoms with Crippen molar-refractivity contribution >= 4 is 39.7 Å². The summed E-state index contributed by atoms with van der Waals surface area (Å²) in [4.78, 5) is 59.4. The predicted molar refractivity (Wildman–Crippen MR) is 207 cm³/mol. The quantitative estimate of drug-likeness (QED) is 0.104. The van der Waals surface area contributed by atoms with Gasteiger partial charge in [0.15, 0.2) is 0 Å². The van der Waals surface area contributed by atoms with Crippen LogP contribution in [-0.4, -0.2) is 72.9 Å². The summed E-state index contributed by atoms with van der Waals surface area (Å²) in [7, 11) is 1.26. The number of methoxy groups -OCH3 is 1. The smallest absolute Gasteiger partial charge is 0.407 e. The third kappa shape index (κ3) is 5.63. The molecule has 0 spiro atoms. The number of aromatic nitrogens is 4. The van der Waals surface area contributed by atoms with Crippen LogP contribution in [0.3, 0.4) is 0 Å². The Morgan fingerprint density at radius 3 is 2.62 bits per heavy atom. The van der Waals surface area contributed by atoms with Gasteiger partial charge in [-0.1, -0.05) is 50.8 Å². The highest BCUT2D eigenvalue weighted by atomic mass is 19.1. The first-order valence-electron chi connectivity index (χ1n) is 19.2. The van der Waals surface area contributed by atoms with E-state index in [4.69, 9.17) is 9.72 Å². The molecule has 4 fully saturated rings. The highest BCUT2D eigenvalue weighted by molar-refractivity contribution is 6.05. The Labute approximate surface area is 318 Å². The van der Waals surface area contributed by atoms with Gasteiger partial charge in [-0.25, -0.2) is 19.2 Å². The van der Waals surface area contributed by atoms with E-state index in [1.54, 1.807) is 18.3 Å². The number of nitrogens with zero attached hydrogens (tertiary/aromatic N) is 4. The SMILES string of the molecule is C=C[C@H](NC(=O)OC)C(=O)N1[C@@H]2[C@H](C)[C@@H]2C[C@H]1c1nc2c(ccc3cc(-c4ccc(-c5cnc([C@@H]6[C@H]7CC[C@H](C7)N6C(=O)C(=C)CC)[nH]5)c(F)c4)ccc32)[nH]1. The van der Waals surface area contributed by atoms with E-state index < -0.39 is 12.1 Å². The number of carbonyl (C=O) groups excluding carboxylic acids is 3. The predicted octanol–water partition coefficient (Wildman–Crippen LogP) is 7.75. The number of fused-ring (bicyclic) bond motifs is 6. The standard InChI is InChI=1S/C43H44FN7O4/c1-6-21(3)41(52)50-27-12-8-26(17-27)38(50)40-45-20-34(47-40)29-14-10-24(18-31(29)44)23-9-13-28-25(16-23)11-15-33-36(28)49-39(46-33)35-19-30-22(4)37(30)51(35)42(53)32(7-2)48-43(54)55-5/h7,9-11,13-16,18,20,22,26-27,30,32,35,37-38H,2-3,6,8,12,17,19H2,1,4-5H3,(H,45,47)(H,46,49)(H,48,54)/t22-,26+,27-,30+,32+,35+,37-,38+/m1/s1. The highest BCUT2D eigenvalue weighted by Gasteiger charge is 2.61. The Hall–Kier alpha value is -5.78. The first-order valence-corrected chi connectivity index (χ1v) is 19.2. The van der Waals surface area contributed by atoms with Crippen molar-refractivity contribution in [2.24, 2.45) is 17.8 Å². The van der Waals surface area contributed by atoms with Gasteiger partial charge in [0.25, 0.3) is 0 Å². The molecule has 3 aromatic carbocycles. The maximum atomic E-state index is 15.9. The summed E-state index contributed by atoms with van der Waals surface area (Å²) in [6, 6.07) is 14.2. The van der Waals surface area contributed by atoms with E-state index in [9.17, 15) is 14.4 Å². The lowest BCUT2D eigenvalue weighted by Crippen LogP contribution is -2.48. The minimum absolute atomic E-state index is 0.0104. The first kappa shape index (κ1) is 35.0. The lowest BCUT2D eigenvalue weighted by atomic mass is 9.97. The molecule has 11 nitrogen and oxygen atoms in total. The second-order valence-corrected chi connectivity index (χ2v) is 15.6. The molecule has 5 aromatic rings. The van der Waals surface area contributed by atoms with E-state index in [-0.39, 0.29) is 41.8 Å². The minimum Gasteiger partial charge on any atom is -0.453 e. The summed E-state index contributed by atoms with van der Waals surface area (Å²) in [5.41, 5.74) is 4.84. The second-order valence-electron chi connectivity index (χ2n) is 15.6.